The summed E-state index contributed by atoms with van der Waals surface area (Å²) < 4.78 is 5.44. The van der Waals surface area contributed by atoms with Crippen LogP contribution in [0.5, 0.6) is 5.75 Å². The topological polar surface area (TPSA) is 75.7 Å². The summed E-state index contributed by atoms with van der Waals surface area (Å²) in [5.74, 6) is -1.28. The zero-order chi connectivity index (χ0) is 24.6. The minimum atomic E-state index is -0.599. The summed E-state index contributed by atoms with van der Waals surface area (Å²) in [5, 5.41) is 3.25. The molecular formula is C26H20Cl2N2O4. The molecule has 0 bridgehead atoms. The average Bonchev–Trinajstić information content (AvgIpc) is 2.98. The maximum Gasteiger partial charge on any atom is 0.343 e. The third kappa shape index (κ3) is 4.69. The van der Waals surface area contributed by atoms with Crippen molar-refractivity contribution in [3.05, 3.63) is 98.7 Å². The number of amides is 2. The predicted octanol–water partition coefficient (Wildman–Crippen LogP) is 5.92. The summed E-state index contributed by atoms with van der Waals surface area (Å²) in [7, 11) is 0. The molecule has 0 radical (unpaired) electrons. The zero-order valence-electron chi connectivity index (χ0n) is 18.6. The van der Waals surface area contributed by atoms with Crippen molar-refractivity contribution in [1.82, 2.24) is 0 Å². The van der Waals surface area contributed by atoms with Crippen molar-refractivity contribution in [2.75, 3.05) is 10.2 Å². The fourth-order valence-corrected chi connectivity index (χ4v) is 4.08. The van der Waals surface area contributed by atoms with Crippen molar-refractivity contribution in [2.24, 2.45) is 0 Å². The Labute approximate surface area is 206 Å². The van der Waals surface area contributed by atoms with Crippen LogP contribution >= 0.6 is 23.2 Å². The fourth-order valence-electron chi connectivity index (χ4n) is 3.65. The van der Waals surface area contributed by atoms with Crippen molar-refractivity contribution in [3.63, 3.8) is 0 Å². The van der Waals surface area contributed by atoms with E-state index in [2.05, 4.69) is 5.32 Å². The van der Waals surface area contributed by atoms with Gasteiger partial charge in [0.2, 0.25) is 0 Å². The number of carbonyl (C=O) groups is 3. The molecule has 0 saturated heterocycles. The summed E-state index contributed by atoms with van der Waals surface area (Å²) in [6.07, 6.45) is 0. The highest BCUT2D eigenvalue weighted by atomic mass is 35.5. The quantitative estimate of drug-likeness (QED) is 0.270. The van der Waals surface area contributed by atoms with Gasteiger partial charge in [0, 0.05) is 10.7 Å². The molecule has 8 heteroatoms. The number of esters is 1. The lowest BCUT2D eigenvalue weighted by molar-refractivity contribution is -0.120. The third-order valence-electron chi connectivity index (χ3n) is 5.22. The molecule has 34 heavy (non-hydrogen) atoms. The lowest BCUT2D eigenvalue weighted by Crippen LogP contribution is -2.32. The first-order valence-electron chi connectivity index (χ1n) is 10.4. The van der Waals surface area contributed by atoms with Gasteiger partial charge in [0.1, 0.15) is 16.5 Å². The number of rotatable bonds is 5. The molecule has 0 fully saturated rings. The first kappa shape index (κ1) is 23.5. The Morgan fingerprint density at radius 1 is 0.853 bits per heavy atom. The summed E-state index contributed by atoms with van der Waals surface area (Å²) in [4.78, 5) is 39.3. The van der Waals surface area contributed by atoms with Gasteiger partial charge in [0.25, 0.3) is 11.8 Å². The minimum Gasteiger partial charge on any atom is -0.423 e. The van der Waals surface area contributed by atoms with Crippen LogP contribution in [-0.4, -0.2) is 17.8 Å². The Morgan fingerprint density at radius 2 is 1.50 bits per heavy atom. The van der Waals surface area contributed by atoms with Crippen LogP contribution in [0.1, 0.15) is 27.0 Å². The lowest BCUT2D eigenvalue weighted by atomic mass is 10.1. The highest BCUT2D eigenvalue weighted by molar-refractivity contribution is 6.53. The number of imide groups is 1. The Bertz CT molecular complexity index is 1340. The zero-order valence-corrected chi connectivity index (χ0v) is 20.1. The Balaban J connectivity index is 1.50. The molecule has 1 aliphatic heterocycles. The summed E-state index contributed by atoms with van der Waals surface area (Å²) in [6.45, 7) is 5.56. The van der Waals surface area contributed by atoms with Gasteiger partial charge < -0.3 is 10.1 Å². The number of aryl methyl sites for hydroxylation is 3. The highest BCUT2D eigenvalue weighted by Crippen LogP contribution is 2.31. The molecular weight excluding hydrogens is 475 g/mol. The molecule has 2 amide bonds. The Hall–Kier alpha value is -3.61. The molecule has 0 aliphatic carbocycles. The van der Waals surface area contributed by atoms with Crippen LogP contribution in [0.4, 0.5) is 11.4 Å². The van der Waals surface area contributed by atoms with E-state index in [0.717, 1.165) is 21.6 Å². The molecule has 0 spiro atoms. The Kier molecular flexibility index (Phi) is 6.46. The first-order chi connectivity index (χ1) is 16.1. The predicted molar refractivity (Wildman–Crippen MR) is 133 cm³/mol. The molecule has 1 N–H and O–H groups in total. The van der Waals surface area contributed by atoms with E-state index >= 15 is 0 Å². The number of nitrogens with zero attached hydrogens (tertiary/aromatic N) is 1. The first-order valence-corrected chi connectivity index (χ1v) is 11.1. The van der Waals surface area contributed by atoms with E-state index in [1.54, 1.807) is 61.5 Å². The maximum absolute atomic E-state index is 13.0. The van der Waals surface area contributed by atoms with E-state index in [1.165, 1.54) is 0 Å². The van der Waals surface area contributed by atoms with Gasteiger partial charge in [-0.15, -0.1) is 0 Å². The second-order valence-corrected chi connectivity index (χ2v) is 8.80. The number of benzene rings is 3. The number of halogens is 2. The molecule has 0 unspecified atom stereocenters. The van der Waals surface area contributed by atoms with Crippen LogP contribution in [0, 0.1) is 20.8 Å². The molecule has 4 rings (SSSR count). The van der Waals surface area contributed by atoms with Gasteiger partial charge in [0.05, 0.1) is 11.3 Å². The van der Waals surface area contributed by atoms with Crippen molar-refractivity contribution in [2.45, 2.75) is 20.8 Å². The Morgan fingerprint density at radius 3 is 2.12 bits per heavy atom. The molecule has 0 atom stereocenters. The summed E-state index contributed by atoms with van der Waals surface area (Å²) in [6, 6.07) is 16.7. The van der Waals surface area contributed by atoms with Crippen LogP contribution < -0.4 is 15.0 Å². The molecule has 6 nitrogen and oxygen atoms in total. The number of hydrogen-bond acceptors (Lipinski definition) is 5. The number of nitrogens with one attached hydrogen (secondary N) is 1. The third-order valence-corrected chi connectivity index (χ3v) is 5.81. The van der Waals surface area contributed by atoms with Gasteiger partial charge in [0.15, 0.2) is 0 Å². The van der Waals surface area contributed by atoms with E-state index in [-0.39, 0.29) is 10.7 Å². The monoisotopic (exact) mass is 494 g/mol. The van der Waals surface area contributed by atoms with E-state index in [1.807, 2.05) is 19.9 Å². The molecule has 1 aliphatic rings. The maximum atomic E-state index is 13.0. The van der Waals surface area contributed by atoms with Crippen LogP contribution in [0.15, 0.2) is 71.4 Å². The number of carbonyl (C=O) groups excluding carboxylic acids is 3. The molecule has 3 aromatic rings. The number of ether oxygens (including phenoxy) is 1. The van der Waals surface area contributed by atoms with Crippen molar-refractivity contribution in [3.8, 4) is 5.75 Å². The van der Waals surface area contributed by atoms with Crippen LogP contribution in [-0.2, 0) is 9.59 Å². The van der Waals surface area contributed by atoms with Gasteiger partial charge in [-0.1, -0.05) is 29.3 Å². The second-order valence-electron chi connectivity index (χ2n) is 7.98. The van der Waals surface area contributed by atoms with E-state index < -0.39 is 17.8 Å². The molecule has 172 valence electrons. The van der Waals surface area contributed by atoms with Crippen molar-refractivity contribution >= 4 is 52.4 Å². The molecule has 3 aromatic carbocycles. The molecule has 0 aromatic heterocycles. The van der Waals surface area contributed by atoms with Gasteiger partial charge in [-0.2, -0.15) is 0 Å². The number of hydrogen-bond donors (Lipinski definition) is 1. The summed E-state index contributed by atoms with van der Waals surface area (Å²) in [5.41, 5.74) is 3.80. The fraction of sp³-hybridized carbons (Fsp3) is 0.115. The van der Waals surface area contributed by atoms with E-state index in [9.17, 15) is 14.4 Å². The van der Waals surface area contributed by atoms with Crippen LogP contribution in [0.25, 0.3) is 0 Å². The van der Waals surface area contributed by atoms with Gasteiger partial charge in [-0.05, 0) is 92.1 Å². The minimum absolute atomic E-state index is 0.0297. The van der Waals surface area contributed by atoms with E-state index in [4.69, 9.17) is 27.9 Å². The van der Waals surface area contributed by atoms with E-state index in [0.29, 0.717) is 27.7 Å². The molecule has 1 heterocycles. The van der Waals surface area contributed by atoms with Gasteiger partial charge in [-0.3, -0.25) is 9.59 Å². The van der Waals surface area contributed by atoms with Crippen molar-refractivity contribution in [1.29, 1.82) is 0 Å². The lowest BCUT2D eigenvalue weighted by Gasteiger charge is -2.16. The van der Waals surface area contributed by atoms with Crippen molar-refractivity contribution < 1.29 is 19.1 Å². The van der Waals surface area contributed by atoms with Crippen LogP contribution in [0.3, 0.4) is 0 Å². The molecule has 0 saturated carbocycles. The van der Waals surface area contributed by atoms with Gasteiger partial charge >= 0.3 is 5.97 Å². The normalized spacial score (nSPS) is 13.5. The summed E-state index contributed by atoms with van der Waals surface area (Å²) >= 11 is 12.2. The van der Waals surface area contributed by atoms with Crippen LogP contribution in [0.2, 0.25) is 5.02 Å². The average molecular weight is 495 g/mol. The SMILES string of the molecule is Cc1cc(C)cc(N2C(=O)C(Cl)=C(Nc3ccc(C(=O)Oc4ccc(Cl)cc4C)cc3)C2=O)c1. The largest absolute Gasteiger partial charge is 0.423 e. The second kappa shape index (κ2) is 9.33. The smallest absolute Gasteiger partial charge is 0.343 e. The van der Waals surface area contributed by atoms with Gasteiger partial charge in [-0.25, -0.2) is 9.69 Å². The highest BCUT2D eigenvalue weighted by Gasteiger charge is 2.39. The standard InChI is InChI=1S/C26H20Cl2N2O4/c1-14-10-15(2)12-20(11-14)30-24(31)22(28)23(25(30)32)29-19-7-4-17(5-8-19)26(33)34-21-9-6-18(27)13-16(21)3/h4-13,29H,1-3H3. The number of anilines is 2.